The van der Waals surface area contributed by atoms with Crippen molar-refractivity contribution in [2.45, 2.75) is 51.2 Å². The molecule has 0 spiro atoms. The topological polar surface area (TPSA) is 55.8 Å². The van der Waals surface area contributed by atoms with E-state index in [-0.39, 0.29) is 18.1 Å². The van der Waals surface area contributed by atoms with Crippen molar-refractivity contribution in [1.29, 1.82) is 0 Å². The Morgan fingerprint density at radius 2 is 1.71 bits per heavy atom. The van der Waals surface area contributed by atoms with Gasteiger partial charge < -0.3 is 14.4 Å². The highest BCUT2D eigenvalue weighted by Crippen LogP contribution is 2.45. The van der Waals surface area contributed by atoms with Gasteiger partial charge in [-0.2, -0.15) is 0 Å². The minimum Gasteiger partial charge on any atom is -0.465 e. The van der Waals surface area contributed by atoms with Crippen LogP contribution in [0.3, 0.4) is 0 Å². The van der Waals surface area contributed by atoms with Crippen LogP contribution in [0.5, 0.6) is 0 Å². The summed E-state index contributed by atoms with van der Waals surface area (Å²) in [5.41, 5.74) is 2.83. The molecule has 1 amide bonds. The summed E-state index contributed by atoms with van der Waals surface area (Å²) in [6.07, 6.45) is 1.13. The molecule has 0 aliphatic heterocycles. The van der Waals surface area contributed by atoms with E-state index in [4.69, 9.17) is 32.7 Å². The molecule has 3 rings (SSSR count). The normalized spacial score (nSPS) is 18.2. The summed E-state index contributed by atoms with van der Waals surface area (Å²) in [4.78, 5) is 26.5. The molecule has 5 nitrogen and oxygen atoms in total. The third-order valence-electron chi connectivity index (χ3n) is 5.47. The highest BCUT2D eigenvalue weighted by atomic mass is 35.5. The Balaban J connectivity index is 2.04. The fourth-order valence-corrected chi connectivity index (χ4v) is 4.31. The largest absolute Gasteiger partial charge is 0.465 e. The van der Waals surface area contributed by atoms with Gasteiger partial charge in [-0.25, -0.2) is 9.59 Å². The predicted molar refractivity (Wildman–Crippen MR) is 122 cm³/mol. The van der Waals surface area contributed by atoms with E-state index < -0.39 is 11.6 Å². The van der Waals surface area contributed by atoms with Crippen LogP contribution in [0.2, 0.25) is 10.0 Å². The number of carbonyl (C=O) groups is 2. The second-order valence-electron chi connectivity index (χ2n) is 8.75. The highest BCUT2D eigenvalue weighted by molar-refractivity contribution is 6.42. The maximum atomic E-state index is 12.7. The van der Waals surface area contributed by atoms with Gasteiger partial charge in [0, 0.05) is 13.0 Å². The molecule has 0 bridgehead atoms. The first-order chi connectivity index (χ1) is 14.5. The minimum atomic E-state index is -0.583. The zero-order valence-electron chi connectivity index (χ0n) is 18.4. The van der Waals surface area contributed by atoms with Crippen molar-refractivity contribution in [2.24, 2.45) is 0 Å². The van der Waals surface area contributed by atoms with Gasteiger partial charge in [0.15, 0.2) is 0 Å². The molecule has 0 saturated heterocycles. The average molecular weight is 464 g/mol. The Morgan fingerprint density at radius 1 is 1.00 bits per heavy atom. The molecule has 0 fully saturated rings. The zero-order valence-corrected chi connectivity index (χ0v) is 19.9. The maximum Gasteiger partial charge on any atom is 0.410 e. The van der Waals surface area contributed by atoms with E-state index in [2.05, 4.69) is 0 Å². The van der Waals surface area contributed by atoms with Gasteiger partial charge >= 0.3 is 12.1 Å². The molecule has 2 aromatic carbocycles. The number of esters is 1. The summed E-state index contributed by atoms with van der Waals surface area (Å²) in [5, 5.41) is 0.977. The molecule has 0 aromatic heterocycles. The Bertz CT molecular complexity index is 1000. The van der Waals surface area contributed by atoms with Crippen molar-refractivity contribution in [1.82, 2.24) is 4.90 Å². The van der Waals surface area contributed by atoms with Crippen molar-refractivity contribution >= 4 is 35.3 Å². The van der Waals surface area contributed by atoms with Crippen LogP contribution in [0.1, 0.15) is 72.6 Å². The summed E-state index contributed by atoms with van der Waals surface area (Å²) in [7, 11) is 3.10. The van der Waals surface area contributed by atoms with Crippen LogP contribution in [0.4, 0.5) is 4.79 Å². The SMILES string of the molecule is COC(=O)c1ccc2c(c1)C(c1ccc(Cl)c(Cl)c1)CCC2N(C)C(=O)OC(C)(C)C. The summed E-state index contributed by atoms with van der Waals surface area (Å²) in [6, 6.07) is 10.9. The van der Waals surface area contributed by atoms with Crippen LogP contribution >= 0.6 is 23.2 Å². The number of methoxy groups -OCH3 is 1. The van der Waals surface area contributed by atoms with Gasteiger partial charge in [-0.05, 0) is 74.6 Å². The van der Waals surface area contributed by atoms with Gasteiger partial charge in [-0.15, -0.1) is 0 Å². The third-order valence-corrected chi connectivity index (χ3v) is 6.21. The van der Waals surface area contributed by atoms with Gasteiger partial charge in [-0.1, -0.05) is 35.3 Å². The smallest absolute Gasteiger partial charge is 0.410 e. The number of hydrogen-bond donors (Lipinski definition) is 0. The van der Waals surface area contributed by atoms with Crippen LogP contribution in [0, 0.1) is 0 Å². The molecule has 2 aromatic rings. The van der Waals surface area contributed by atoms with Gasteiger partial charge in [0.1, 0.15) is 5.60 Å². The monoisotopic (exact) mass is 463 g/mol. The summed E-state index contributed by atoms with van der Waals surface area (Å²) in [5.74, 6) is -0.393. The van der Waals surface area contributed by atoms with E-state index in [1.807, 2.05) is 45.0 Å². The lowest BCUT2D eigenvalue weighted by atomic mass is 9.76. The van der Waals surface area contributed by atoms with E-state index in [9.17, 15) is 9.59 Å². The van der Waals surface area contributed by atoms with Crippen LogP contribution in [0.15, 0.2) is 36.4 Å². The summed E-state index contributed by atoms with van der Waals surface area (Å²) >= 11 is 12.4. The third kappa shape index (κ3) is 5.16. The first-order valence-electron chi connectivity index (χ1n) is 10.1. The van der Waals surface area contributed by atoms with Crippen LogP contribution < -0.4 is 0 Å². The molecule has 2 atom stereocenters. The van der Waals surface area contributed by atoms with E-state index >= 15 is 0 Å². The quantitative estimate of drug-likeness (QED) is 0.480. The standard InChI is InChI=1S/C24H27Cl2NO4/c1-24(2,3)31-23(29)27(4)21-11-9-16(14-7-10-19(25)20(26)13-14)18-12-15(22(28)30-5)6-8-17(18)21/h6-8,10,12-13,16,21H,9,11H2,1-5H3. The van der Waals surface area contributed by atoms with E-state index in [0.717, 1.165) is 29.5 Å². The highest BCUT2D eigenvalue weighted by Gasteiger charge is 2.34. The minimum absolute atomic E-state index is 0.0117. The van der Waals surface area contributed by atoms with Gasteiger partial charge in [-0.3, -0.25) is 0 Å². The molecule has 0 N–H and O–H groups in total. The second kappa shape index (κ2) is 9.09. The number of hydrogen-bond acceptors (Lipinski definition) is 4. The van der Waals surface area contributed by atoms with Crippen LogP contribution in [0.25, 0.3) is 0 Å². The average Bonchev–Trinajstić information content (AvgIpc) is 2.72. The molecule has 1 aliphatic rings. The molecule has 0 heterocycles. The van der Waals surface area contributed by atoms with Crippen molar-refractivity contribution in [3.8, 4) is 0 Å². The lowest BCUT2D eigenvalue weighted by Crippen LogP contribution is -2.38. The number of carbonyl (C=O) groups excluding carboxylic acids is 2. The zero-order chi connectivity index (χ0) is 22.9. The van der Waals surface area contributed by atoms with E-state index in [1.165, 1.54) is 7.11 Å². The van der Waals surface area contributed by atoms with Crippen molar-refractivity contribution < 1.29 is 19.1 Å². The molecule has 166 valence electrons. The Labute approximate surface area is 193 Å². The maximum absolute atomic E-state index is 12.7. The Morgan fingerprint density at radius 3 is 2.32 bits per heavy atom. The molecular weight excluding hydrogens is 437 g/mol. The number of halogens is 2. The first-order valence-corrected chi connectivity index (χ1v) is 10.9. The van der Waals surface area contributed by atoms with Gasteiger partial charge in [0.25, 0.3) is 0 Å². The molecule has 31 heavy (non-hydrogen) atoms. The fourth-order valence-electron chi connectivity index (χ4n) is 4.00. The van der Waals surface area contributed by atoms with Crippen molar-refractivity contribution in [3.05, 3.63) is 68.7 Å². The number of benzene rings is 2. The second-order valence-corrected chi connectivity index (χ2v) is 9.56. The van der Waals surface area contributed by atoms with Gasteiger partial charge in [0.2, 0.25) is 0 Å². The van der Waals surface area contributed by atoms with Crippen molar-refractivity contribution in [3.63, 3.8) is 0 Å². The van der Waals surface area contributed by atoms with E-state index in [1.54, 1.807) is 24.1 Å². The molecular formula is C24H27Cl2NO4. The summed E-state index contributed by atoms with van der Waals surface area (Å²) in [6.45, 7) is 5.53. The predicted octanol–water partition coefficient (Wildman–Crippen LogP) is 6.61. The van der Waals surface area contributed by atoms with Crippen LogP contribution in [-0.4, -0.2) is 36.7 Å². The lowest BCUT2D eigenvalue weighted by Gasteiger charge is -2.37. The fraction of sp³-hybridized carbons (Fsp3) is 0.417. The molecule has 0 radical (unpaired) electrons. The first kappa shape index (κ1) is 23.4. The molecule has 7 heteroatoms. The number of fused-ring (bicyclic) bond motifs is 1. The molecule has 1 aliphatic carbocycles. The number of amides is 1. The van der Waals surface area contributed by atoms with Crippen molar-refractivity contribution in [2.75, 3.05) is 14.2 Å². The number of nitrogens with zero attached hydrogens (tertiary/aromatic N) is 1. The number of ether oxygens (including phenoxy) is 2. The van der Waals surface area contributed by atoms with Crippen LogP contribution in [-0.2, 0) is 9.47 Å². The molecule has 2 unspecified atom stereocenters. The Hall–Kier alpha value is -2.24. The Kier molecular flexibility index (Phi) is 6.87. The molecule has 0 saturated carbocycles. The lowest BCUT2D eigenvalue weighted by molar-refractivity contribution is 0.0202. The number of rotatable bonds is 3. The van der Waals surface area contributed by atoms with E-state index in [0.29, 0.717) is 15.6 Å². The van der Waals surface area contributed by atoms with Gasteiger partial charge in [0.05, 0.1) is 28.8 Å². The summed E-state index contributed by atoms with van der Waals surface area (Å²) < 4.78 is 10.5.